The number of benzene rings is 1. The molecule has 1 aromatic rings. The number of nitrogens with two attached hydrogens (primary N) is 1. The Morgan fingerprint density at radius 2 is 1.86 bits per heavy atom. The first-order valence-electron chi connectivity index (χ1n) is 7.52. The van der Waals surface area contributed by atoms with Crippen LogP contribution >= 0.6 is 15.9 Å². The van der Waals surface area contributed by atoms with Gasteiger partial charge in [-0.1, -0.05) is 26.6 Å². The summed E-state index contributed by atoms with van der Waals surface area (Å²) < 4.78 is 5.42. The van der Waals surface area contributed by atoms with Crippen LogP contribution in [0.15, 0.2) is 21.0 Å². The topological polar surface area (TPSA) is 55.5 Å². The van der Waals surface area contributed by atoms with Crippen molar-refractivity contribution in [3.63, 3.8) is 0 Å². The van der Waals surface area contributed by atoms with E-state index in [4.69, 9.17) is 5.73 Å². The van der Waals surface area contributed by atoms with Crippen LogP contribution in [0.25, 0.3) is 0 Å². The highest BCUT2D eigenvalue weighted by Gasteiger charge is 2.28. The molecule has 0 heterocycles. The van der Waals surface area contributed by atoms with Crippen LogP contribution in [0.5, 0.6) is 0 Å². The van der Waals surface area contributed by atoms with Crippen LogP contribution in [0.2, 0.25) is 0 Å². The minimum atomic E-state index is -0.137. The lowest BCUT2D eigenvalue weighted by Crippen LogP contribution is -2.10. The molecular formula is C16H21BrN2OS. The smallest absolute Gasteiger partial charge is 0.285 e. The van der Waals surface area contributed by atoms with E-state index in [9.17, 15) is 4.79 Å². The molecule has 0 saturated heterocycles. The quantitative estimate of drug-likeness (QED) is 0.795. The maximum Gasteiger partial charge on any atom is 0.285 e. The summed E-state index contributed by atoms with van der Waals surface area (Å²) >= 11 is 3.44. The molecule has 2 N–H and O–H groups in total. The Bertz CT molecular complexity index is 591. The van der Waals surface area contributed by atoms with Gasteiger partial charge in [0.1, 0.15) is 0 Å². The largest absolute Gasteiger partial charge is 0.398 e. The molecule has 2 fully saturated rings. The molecule has 0 radical (unpaired) electrons. The lowest BCUT2D eigenvalue weighted by Gasteiger charge is -2.09. The molecule has 2 aliphatic rings. The number of anilines is 1. The molecule has 0 unspecified atom stereocenters. The fourth-order valence-electron chi connectivity index (χ4n) is 2.35. The third kappa shape index (κ3) is 4.16. The second-order valence-corrected chi connectivity index (χ2v) is 8.95. The molecule has 3 rings (SSSR count). The van der Waals surface area contributed by atoms with Crippen LogP contribution in [-0.4, -0.2) is 17.4 Å². The molecule has 114 valence electrons. The van der Waals surface area contributed by atoms with Crippen molar-refractivity contribution in [2.24, 2.45) is 16.2 Å². The fourth-order valence-corrected chi connectivity index (χ4v) is 5.30. The molecule has 0 spiro atoms. The minimum absolute atomic E-state index is 0.107. The van der Waals surface area contributed by atoms with Crippen molar-refractivity contribution < 1.29 is 4.79 Å². The number of nitrogens with zero attached hydrogens (tertiary/aromatic N) is 1. The van der Waals surface area contributed by atoms with Gasteiger partial charge in [0.15, 0.2) is 0 Å². The SMILES string of the molecule is Cc1cc(Br)cc(C(=O)N=S(CC2CC2)CC2CC2)c1N. The predicted octanol–water partition coefficient (Wildman–Crippen LogP) is 4.10. The van der Waals surface area contributed by atoms with Gasteiger partial charge < -0.3 is 5.73 Å². The first kappa shape index (κ1) is 15.2. The molecule has 21 heavy (non-hydrogen) atoms. The highest BCUT2D eigenvalue weighted by atomic mass is 79.9. The zero-order valence-electron chi connectivity index (χ0n) is 12.3. The Hall–Kier alpha value is -0.680. The zero-order chi connectivity index (χ0) is 15.0. The van der Waals surface area contributed by atoms with Gasteiger partial charge >= 0.3 is 0 Å². The summed E-state index contributed by atoms with van der Waals surface area (Å²) in [6, 6.07) is 3.73. The first-order valence-corrected chi connectivity index (χ1v) is 9.83. The number of hydrogen-bond donors (Lipinski definition) is 1. The molecule has 1 aromatic carbocycles. The monoisotopic (exact) mass is 368 g/mol. The Morgan fingerprint density at radius 3 is 2.38 bits per heavy atom. The van der Waals surface area contributed by atoms with E-state index in [1.807, 2.05) is 13.0 Å². The van der Waals surface area contributed by atoms with E-state index in [1.165, 1.54) is 25.7 Å². The van der Waals surface area contributed by atoms with Gasteiger partial charge in [0.25, 0.3) is 5.91 Å². The molecule has 1 amide bonds. The molecule has 0 bridgehead atoms. The third-order valence-electron chi connectivity index (χ3n) is 4.04. The van der Waals surface area contributed by atoms with Crippen molar-refractivity contribution in [3.8, 4) is 0 Å². The number of carbonyl (C=O) groups excluding carboxylic acids is 1. The van der Waals surface area contributed by atoms with Crippen LogP contribution in [0.1, 0.15) is 41.6 Å². The van der Waals surface area contributed by atoms with Gasteiger partial charge in [-0.05, 0) is 62.1 Å². The molecule has 2 saturated carbocycles. The van der Waals surface area contributed by atoms with Crippen molar-refractivity contribution in [1.82, 2.24) is 0 Å². The van der Waals surface area contributed by atoms with Crippen molar-refractivity contribution in [3.05, 3.63) is 27.7 Å². The minimum Gasteiger partial charge on any atom is -0.398 e. The molecule has 0 aliphatic heterocycles. The lowest BCUT2D eigenvalue weighted by molar-refractivity contribution is 0.101. The van der Waals surface area contributed by atoms with Gasteiger partial charge in [0.05, 0.1) is 5.56 Å². The van der Waals surface area contributed by atoms with Gasteiger partial charge in [-0.25, -0.2) is 0 Å². The fraction of sp³-hybridized carbons (Fsp3) is 0.562. The maximum absolute atomic E-state index is 12.5. The number of amides is 1. The summed E-state index contributed by atoms with van der Waals surface area (Å²) in [5, 5.41) is 0. The van der Waals surface area contributed by atoms with Crippen LogP contribution in [0.3, 0.4) is 0 Å². The highest BCUT2D eigenvalue weighted by molar-refractivity contribution is 9.10. The standard InChI is InChI=1S/C16H21BrN2OS/c1-10-6-13(17)7-14(15(10)18)16(20)19-21(8-11-2-3-11)9-12-4-5-12/h6-7,11-12H,2-5,8-9,18H2,1H3. The van der Waals surface area contributed by atoms with E-state index in [2.05, 4.69) is 20.3 Å². The third-order valence-corrected chi connectivity index (χ3v) is 6.64. The first-order chi connectivity index (χ1) is 10.0. The van der Waals surface area contributed by atoms with Gasteiger partial charge in [-0.15, -0.1) is 0 Å². The summed E-state index contributed by atoms with van der Waals surface area (Å²) in [7, 11) is -0.107. The summed E-state index contributed by atoms with van der Waals surface area (Å²) in [6.07, 6.45) is 5.26. The average molecular weight is 369 g/mol. The van der Waals surface area contributed by atoms with E-state index in [1.54, 1.807) is 6.07 Å². The van der Waals surface area contributed by atoms with Crippen LogP contribution < -0.4 is 5.73 Å². The van der Waals surface area contributed by atoms with Crippen LogP contribution in [-0.2, 0) is 10.7 Å². The predicted molar refractivity (Wildman–Crippen MR) is 92.6 cm³/mol. The maximum atomic E-state index is 12.5. The van der Waals surface area contributed by atoms with Gasteiger partial charge in [0.2, 0.25) is 0 Å². The summed E-state index contributed by atoms with van der Waals surface area (Å²) in [5.74, 6) is 3.70. The zero-order valence-corrected chi connectivity index (χ0v) is 14.7. The average Bonchev–Trinajstić information content (AvgIpc) is 3.29. The number of rotatable bonds is 5. The van der Waals surface area contributed by atoms with Crippen molar-refractivity contribution in [1.29, 1.82) is 0 Å². The summed E-state index contributed by atoms with van der Waals surface area (Å²) in [5.41, 5.74) is 8.09. The number of aryl methyl sites for hydroxylation is 1. The molecule has 0 aromatic heterocycles. The molecule has 0 atom stereocenters. The molecular weight excluding hydrogens is 348 g/mol. The van der Waals surface area contributed by atoms with E-state index in [-0.39, 0.29) is 16.6 Å². The highest BCUT2D eigenvalue weighted by Crippen LogP contribution is 2.34. The second kappa shape index (κ2) is 6.21. The van der Waals surface area contributed by atoms with E-state index in [0.29, 0.717) is 11.3 Å². The Balaban J connectivity index is 1.82. The van der Waals surface area contributed by atoms with Crippen molar-refractivity contribution in [2.75, 3.05) is 17.2 Å². The number of nitrogen functional groups attached to an aromatic ring is 1. The van der Waals surface area contributed by atoms with Gasteiger partial charge in [0, 0.05) is 21.7 Å². The summed E-state index contributed by atoms with van der Waals surface area (Å²) in [4.78, 5) is 12.5. The van der Waals surface area contributed by atoms with E-state index < -0.39 is 0 Å². The number of halogens is 1. The van der Waals surface area contributed by atoms with Gasteiger partial charge in [-0.2, -0.15) is 4.36 Å². The normalized spacial score (nSPS) is 18.0. The number of carbonyl (C=O) groups is 1. The Morgan fingerprint density at radius 1 is 1.29 bits per heavy atom. The molecule has 3 nitrogen and oxygen atoms in total. The lowest BCUT2D eigenvalue weighted by atomic mass is 10.1. The number of hydrogen-bond acceptors (Lipinski definition) is 2. The Labute approximate surface area is 136 Å². The van der Waals surface area contributed by atoms with Crippen molar-refractivity contribution >= 4 is 38.2 Å². The summed E-state index contributed by atoms with van der Waals surface area (Å²) in [6.45, 7) is 1.92. The van der Waals surface area contributed by atoms with E-state index >= 15 is 0 Å². The second-order valence-electron chi connectivity index (χ2n) is 6.26. The van der Waals surface area contributed by atoms with Crippen LogP contribution in [0, 0.1) is 18.8 Å². The van der Waals surface area contributed by atoms with E-state index in [0.717, 1.165) is 33.4 Å². The Kier molecular flexibility index (Phi) is 4.50. The molecule has 5 heteroatoms. The van der Waals surface area contributed by atoms with Crippen molar-refractivity contribution in [2.45, 2.75) is 32.6 Å². The molecule has 2 aliphatic carbocycles. The van der Waals surface area contributed by atoms with Gasteiger partial charge in [-0.3, -0.25) is 4.79 Å². The van der Waals surface area contributed by atoms with Crippen LogP contribution in [0.4, 0.5) is 5.69 Å².